The van der Waals surface area contributed by atoms with E-state index in [-0.39, 0.29) is 5.75 Å². The van der Waals surface area contributed by atoms with Crippen LogP contribution in [0, 0.1) is 6.92 Å². The summed E-state index contributed by atoms with van der Waals surface area (Å²) in [6, 6.07) is 16.6. The smallest absolute Gasteiger partial charge is 0.343 e. The minimum Gasteiger partial charge on any atom is -0.507 e. The van der Waals surface area contributed by atoms with Gasteiger partial charge >= 0.3 is 5.97 Å². The van der Waals surface area contributed by atoms with Crippen molar-refractivity contribution >= 4 is 16.7 Å². The quantitative estimate of drug-likeness (QED) is 0.0631. The van der Waals surface area contributed by atoms with Crippen LogP contribution in [0.15, 0.2) is 136 Å². The monoisotopic (exact) mass is 755 g/mol. The van der Waals surface area contributed by atoms with Crippen molar-refractivity contribution in [2.45, 2.75) is 146 Å². The molecule has 1 N–H and O–H groups in total. The summed E-state index contributed by atoms with van der Waals surface area (Å²) in [6.07, 6.45) is 30.4. The Kier molecular flexibility index (Phi) is 20.3. The second kappa shape index (κ2) is 24.8. The summed E-state index contributed by atoms with van der Waals surface area (Å²) in [4.78, 5) is 13.0. The van der Waals surface area contributed by atoms with Gasteiger partial charge in [0.05, 0.1) is 5.56 Å². The first-order chi connectivity index (χ1) is 26.8. The Morgan fingerprint density at radius 3 is 1.32 bits per heavy atom. The number of phenols is 1. The lowest BCUT2D eigenvalue weighted by atomic mass is 9.95. The lowest BCUT2D eigenvalue weighted by Crippen LogP contribution is -2.10. The molecule has 0 aliphatic carbocycles. The van der Waals surface area contributed by atoms with Crippen molar-refractivity contribution < 1.29 is 14.6 Å². The number of hydrogen-bond acceptors (Lipinski definition) is 3. The molecule has 0 spiro atoms. The van der Waals surface area contributed by atoms with Gasteiger partial charge in [0, 0.05) is 16.3 Å². The summed E-state index contributed by atoms with van der Waals surface area (Å²) >= 11 is 0. The van der Waals surface area contributed by atoms with E-state index in [2.05, 4.69) is 97.9 Å². The molecule has 0 aliphatic rings. The average Bonchev–Trinajstić information content (AvgIpc) is 3.16. The van der Waals surface area contributed by atoms with E-state index in [1.54, 1.807) is 12.1 Å². The fraction of sp³-hybridized carbons (Fsp3) is 0.415. The Morgan fingerprint density at radius 2 is 0.893 bits per heavy atom. The van der Waals surface area contributed by atoms with Crippen LogP contribution in [0.25, 0.3) is 10.8 Å². The third-order valence-corrected chi connectivity index (χ3v) is 10.6. The van der Waals surface area contributed by atoms with Gasteiger partial charge in [0.1, 0.15) is 11.5 Å². The molecule has 0 unspecified atom stereocenters. The first kappa shape index (κ1) is 45.8. The molecule has 56 heavy (non-hydrogen) atoms. The molecule has 0 radical (unpaired) electrons. The maximum atomic E-state index is 13.0. The molecule has 0 bridgehead atoms. The van der Waals surface area contributed by atoms with E-state index < -0.39 is 5.97 Å². The summed E-state index contributed by atoms with van der Waals surface area (Å²) in [5.74, 6) is 0.353. The van der Waals surface area contributed by atoms with Crippen LogP contribution in [0.3, 0.4) is 0 Å². The number of ether oxygens (including phenoxy) is 1. The van der Waals surface area contributed by atoms with Crippen molar-refractivity contribution in [2.75, 3.05) is 0 Å². The van der Waals surface area contributed by atoms with Gasteiger partial charge in [-0.05, 0) is 163 Å². The highest BCUT2D eigenvalue weighted by Gasteiger charge is 2.20. The Bertz CT molecular complexity index is 1940. The fourth-order valence-electron chi connectivity index (χ4n) is 6.88. The van der Waals surface area contributed by atoms with E-state index in [1.807, 2.05) is 49.4 Å². The largest absolute Gasteiger partial charge is 0.507 e. The minimum atomic E-state index is -0.405. The van der Waals surface area contributed by atoms with Crippen LogP contribution >= 0.6 is 0 Å². The average molecular weight is 755 g/mol. The number of carbonyl (C=O) groups excluding carboxylic acids is 1. The lowest BCUT2D eigenvalue weighted by molar-refractivity contribution is 0.0735. The van der Waals surface area contributed by atoms with Gasteiger partial charge in [-0.15, -0.1) is 0 Å². The third kappa shape index (κ3) is 16.6. The topological polar surface area (TPSA) is 46.5 Å². The molecule has 0 amide bonds. The zero-order chi connectivity index (χ0) is 40.9. The summed E-state index contributed by atoms with van der Waals surface area (Å²) < 4.78 is 5.97. The van der Waals surface area contributed by atoms with E-state index in [0.29, 0.717) is 23.1 Å². The van der Waals surface area contributed by atoms with Crippen molar-refractivity contribution in [3.63, 3.8) is 0 Å². The molecule has 0 aliphatic heterocycles. The number of esters is 1. The molecule has 3 nitrogen and oxygen atoms in total. The maximum Gasteiger partial charge on any atom is 0.343 e. The van der Waals surface area contributed by atoms with Gasteiger partial charge in [-0.2, -0.15) is 0 Å². The highest BCUT2D eigenvalue weighted by atomic mass is 16.5. The normalized spacial score (nSPS) is 13.4. The zero-order valence-electron chi connectivity index (χ0n) is 36.2. The van der Waals surface area contributed by atoms with Crippen molar-refractivity contribution in [1.29, 1.82) is 0 Å². The third-order valence-electron chi connectivity index (χ3n) is 10.6. The molecule has 0 atom stereocenters. The highest BCUT2D eigenvalue weighted by Crippen LogP contribution is 2.40. The maximum absolute atomic E-state index is 13.0. The van der Waals surface area contributed by atoms with E-state index in [1.165, 1.54) is 45.4 Å². The predicted octanol–water partition coefficient (Wildman–Crippen LogP) is 15.9. The van der Waals surface area contributed by atoms with Crippen LogP contribution in [-0.4, -0.2) is 11.1 Å². The molecule has 0 heterocycles. The summed E-state index contributed by atoms with van der Waals surface area (Å²) in [5, 5.41) is 12.7. The van der Waals surface area contributed by atoms with E-state index >= 15 is 0 Å². The van der Waals surface area contributed by atoms with Gasteiger partial charge in [-0.25, -0.2) is 4.79 Å². The van der Waals surface area contributed by atoms with Gasteiger partial charge in [0.25, 0.3) is 0 Å². The number of rotatable bonds is 22. The van der Waals surface area contributed by atoms with Crippen LogP contribution < -0.4 is 4.74 Å². The summed E-state index contributed by atoms with van der Waals surface area (Å²) in [5.41, 5.74) is 12.2. The number of hydrogen-bond donors (Lipinski definition) is 1. The molecular weight excluding hydrogens is 685 g/mol. The van der Waals surface area contributed by atoms with Gasteiger partial charge in [-0.1, -0.05) is 124 Å². The standard InChI is InChI=1S/C53H70O3/c1-39(2)21-15-22-40(3)23-16-24-41(4)25-17-26-42(5)27-18-28-43(6)29-19-30-44(7)31-20-32-45(8)37-38-48-46(9)52(50-36-14-13-35-49(50)51(48)54)56-53(55)47-33-11-10-12-34-47/h10-14,21,23,25,27,29,31,33-37,54H,15-20,22,24,26,28,30,32,38H2,1-9H3. The Hall–Kier alpha value is -4.63. The number of aromatic hydroxyl groups is 1. The molecule has 3 heteroatoms. The number of carbonyl (C=O) groups is 1. The predicted molar refractivity (Wildman–Crippen MR) is 243 cm³/mol. The number of phenolic OH excluding ortho intramolecular Hbond substituents is 1. The first-order valence-corrected chi connectivity index (χ1v) is 20.9. The molecule has 0 saturated carbocycles. The Balaban J connectivity index is 1.41. The molecule has 0 saturated heterocycles. The summed E-state index contributed by atoms with van der Waals surface area (Å²) in [6.45, 7) is 19.8. The van der Waals surface area contributed by atoms with Crippen LogP contribution in [0.1, 0.15) is 154 Å². The fourth-order valence-corrected chi connectivity index (χ4v) is 6.88. The van der Waals surface area contributed by atoms with Crippen LogP contribution in [0.2, 0.25) is 0 Å². The van der Waals surface area contributed by atoms with Gasteiger partial charge in [0.2, 0.25) is 0 Å². The van der Waals surface area contributed by atoms with E-state index in [4.69, 9.17) is 4.74 Å². The minimum absolute atomic E-state index is 0.251. The molecule has 3 rings (SSSR count). The van der Waals surface area contributed by atoms with Gasteiger partial charge in [-0.3, -0.25) is 0 Å². The molecule has 0 fully saturated rings. The molecule has 0 aromatic heterocycles. The van der Waals surface area contributed by atoms with Crippen LogP contribution in [-0.2, 0) is 6.42 Å². The molecule has 3 aromatic carbocycles. The highest BCUT2D eigenvalue weighted by molar-refractivity contribution is 5.99. The van der Waals surface area contributed by atoms with E-state index in [0.717, 1.165) is 87.1 Å². The number of benzene rings is 3. The van der Waals surface area contributed by atoms with Crippen LogP contribution in [0.4, 0.5) is 0 Å². The van der Waals surface area contributed by atoms with Crippen molar-refractivity contribution in [2.24, 2.45) is 0 Å². The van der Waals surface area contributed by atoms with Crippen molar-refractivity contribution in [1.82, 2.24) is 0 Å². The van der Waals surface area contributed by atoms with E-state index in [9.17, 15) is 9.90 Å². The Morgan fingerprint density at radius 1 is 0.518 bits per heavy atom. The van der Waals surface area contributed by atoms with Crippen molar-refractivity contribution in [3.8, 4) is 11.5 Å². The lowest BCUT2D eigenvalue weighted by Gasteiger charge is -2.17. The zero-order valence-corrected chi connectivity index (χ0v) is 36.2. The number of allylic oxidation sites excluding steroid dienone is 14. The van der Waals surface area contributed by atoms with Gasteiger partial charge < -0.3 is 9.84 Å². The number of fused-ring (bicyclic) bond motifs is 1. The van der Waals surface area contributed by atoms with Crippen molar-refractivity contribution in [3.05, 3.63) is 153 Å². The van der Waals surface area contributed by atoms with Gasteiger partial charge in [0.15, 0.2) is 0 Å². The molecular formula is C53H70O3. The molecule has 3 aromatic rings. The molecule has 300 valence electrons. The van der Waals surface area contributed by atoms with Crippen LogP contribution in [0.5, 0.6) is 11.5 Å². The summed E-state index contributed by atoms with van der Waals surface area (Å²) in [7, 11) is 0. The second-order valence-electron chi connectivity index (χ2n) is 16.1. The SMILES string of the molecule is CC(C)=CCCC(C)=CCCC(C)=CCCC(C)=CCCC(C)=CCCC(C)=CCCC(C)=CCc1c(C)c(OC(=O)c2ccccc2)c2ccccc2c1O. The second-order valence-corrected chi connectivity index (χ2v) is 16.1. The Labute approximate surface area is 340 Å². The first-order valence-electron chi connectivity index (χ1n) is 20.9.